The first-order valence-corrected chi connectivity index (χ1v) is 7.94. The standard InChI is InChI=1S/C17H21N5O2/c1-12-18-6-7-22(12)16-5-3-14(9-19-16)10-20-17(24)21-15-4-2-13(8-15)11-23/h2-7,9,13,15,23H,8,10-11H2,1H3,(H2,20,21,24)/t13-,15+/m0/s1. The van der Waals surface area contributed by atoms with Gasteiger partial charge < -0.3 is 15.7 Å². The van der Waals surface area contributed by atoms with Crippen molar-refractivity contribution in [1.29, 1.82) is 0 Å². The number of aliphatic hydroxyl groups is 1. The second kappa shape index (κ2) is 7.27. The molecule has 3 N–H and O–H groups in total. The van der Waals surface area contributed by atoms with Gasteiger partial charge in [0.05, 0.1) is 0 Å². The fourth-order valence-electron chi connectivity index (χ4n) is 2.70. The number of aryl methyl sites for hydroxylation is 1. The van der Waals surface area contributed by atoms with E-state index < -0.39 is 0 Å². The van der Waals surface area contributed by atoms with Gasteiger partial charge in [-0.25, -0.2) is 14.8 Å². The highest BCUT2D eigenvalue weighted by atomic mass is 16.3. The summed E-state index contributed by atoms with van der Waals surface area (Å²) >= 11 is 0. The molecule has 1 aliphatic rings. The van der Waals surface area contributed by atoms with Gasteiger partial charge in [0.1, 0.15) is 11.6 Å². The molecule has 0 aliphatic heterocycles. The molecule has 0 radical (unpaired) electrons. The van der Waals surface area contributed by atoms with Crippen LogP contribution in [-0.2, 0) is 6.54 Å². The first kappa shape index (κ1) is 16.2. The Bertz CT molecular complexity index is 723. The molecule has 0 saturated carbocycles. The lowest BCUT2D eigenvalue weighted by molar-refractivity contribution is 0.231. The molecule has 2 amide bonds. The van der Waals surface area contributed by atoms with Crippen molar-refractivity contribution in [2.24, 2.45) is 5.92 Å². The molecule has 24 heavy (non-hydrogen) atoms. The molecule has 2 aromatic rings. The second-order valence-corrected chi connectivity index (χ2v) is 5.87. The van der Waals surface area contributed by atoms with Crippen molar-refractivity contribution in [2.75, 3.05) is 6.61 Å². The number of hydrogen-bond acceptors (Lipinski definition) is 4. The van der Waals surface area contributed by atoms with Crippen molar-refractivity contribution in [3.63, 3.8) is 0 Å². The SMILES string of the molecule is Cc1nccn1-c1ccc(CNC(=O)N[C@@H]2C=C[C@H](CO)C2)cn1. The minimum absolute atomic E-state index is 0.0214. The predicted octanol–water partition coefficient (Wildman–Crippen LogP) is 1.31. The van der Waals surface area contributed by atoms with Crippen LogP contribution in [0.1, 0.15) is 17.8 Å². The van der Waals surface area contributed by atoms with E-state index in [4.69, 9.17) is 5.11 Å². The number of carbonyl (C=O) groups excluding carboxylic acids is 1. The van der Waals surface area contributed by atoms with Crippen LogP contribution in [0, 0.1) is 12.8 Å². The Labute approximate surface area is 140 Å². The van der Waals surface area contributed by atoms with E-state index in [9.17, 15) is 4.79 Å². The molecule has 7 heteroatoms. The van der Waals surface area contributed by atoms with E-state index in [1.807, 2.05) is 42.0 Å². The molecule has 1 aliphatic carbocycles. The largest absolute Gasteiger partial charge is 0.396 e. The van der Waals surface area contributed by atoms with Crippen LogP contribution < -0.4 is 10.6 Å². The Hall–Kier alpha value is -2.67. The van der Waals surface area contributed by atoms with Gasteiger partial charge in [-0.1, -0.05) is 18.2 Å². The summed E-state index contributed by atoms with van der Waals surface area (Å²) < 4.78 is 1.90. The summed E-state index contributed by atoms with van der Waals surface area (Å²) in [7, 11) is 0. The number of carbonyl (C=O) groups is 1. The molecule has 0 saturated heterocycles. The van der Waals surface area contributed by atoms with E-state index in [1.165, 1.54) is 0 Å². The van der Waals surface area contributed by atoms with Crippen molar-refractivity contribution in [3.8, 4) is 5.82 Å². The van der Waals surface area contributed by atoms with Crippen LogP contribution >= 0.6 is 0 Å². The summed E-state index contributed by atoms with van der Waals surface area (Å²) in [6.45, 7) is 2.44. The zero-order valence-electron chi connectivity index (χ0n) is 13.5. The molecule has 3 rings (SSSR count). The molecule has 0 bridgehead atoms. The lowest BCUT2D eigenvalue weighted by atomic mass is 10.1. The van der Waals surface area contributed by atoms with Gasteiger partial charge in [0.2, 0.25) is 0 Å². The summed E-state index contributed by atoms with van der Waals surface area (Å²) in [4.78, 5) is 20.5. The molecule has 7 nitrogen and oxygen atoms in total. The van der Waals surface area contributed by atoms with Gasteiger partial charge in [-0.05, 0) is 25.0 Å². The van der Waals surface area contributed by atoms with E-state index in [0.717, 1.165) is 23.6 Å². The minimum atomic E-state index is -0.224. The summed E-state index contributed by atoms with van der Waals surface area (Å²) in [5.41, 5.74) is 0.918. The average Bonchev–Trinajstić information content (AvgIpc) is 3.22. The van der Waals surface area contributed by atoms with Gasteiger partial charge in [-0.15, -0.1) is 0 Å². The molecule has 2 atom stereocenters. The normalized spacial score (nSPS) is 19.4. The van der Waals surface area contributed by atoms with Gasteiger partial charge in [-0.3, -0.25) is 4.57 Å². The lowest BCUT2D eigenvalue weighted by Gasteiger charge is -2.13. The van der Waals surface area contributed by atoms with E-state index >= 15 is 0 Å². The number of amides is 2. The number of aromatic nitrogens is 3. The lowest BCUT2D eigenvalue weighted by Crippen LogP contribution is -2.40. The van der Waals surface area contributed by atoms with Crippen LogP contribution in [0.3, 0.4) is 0 Å². The number of aliphatic hydroxyl groups excluding tert-OH is 1. The van der Waals surface area contributed by atoms with E-state index in [-0.39, 0.29) is 24.6 Å². The highest BCUT2D eigenvalue weighted by Gasteiger charge is 2.19. The van der Waals surface area contributed by atoms with Crippen LogP contribution in [0.15, 0.2) is 42.9 Å². The zero-order valence-corrected chi connectivity index (χ0v) is 13.5. The molecular formula is C17H21N5O2. The van der Waals surface area contributed by atoms with Crippen LogP contribution in [0.4, 0.5) is 4.79 Å². The third-order valence-corrected chi connectivity index (χ3v) is 4.06. The van der Waals surface area contributed by atoms with Gasteiger partial charge in [0.25, 0.3) is 0 Å². The van der Waals surface area contributed by atoms with Crippen LogP contribution in [0.2, 0.25) is 0 Å². The second-order valence-electron chi connectivity index (χ2n) is 5.87. The molecule has 0 aromatic carbocycles. The van der Waals surface area contributed by atoms with E-state index in [2.05, 4.69) is 20.6 Å². The van der Waals surface area contributed by atoms with Crippen molar-refractivity contribution >= 4 is 6.03 Å². The summed E-state index contributed by atoms with van der Waals surface area (Å²) in [6.07, 6.45) is 9.93. The summed E-state index contributed by atoms with van der Waals surface area (Å²) in [6, 6.07) is 3.58. The topological polar surface area (TPSA) is 92.1 Å². The fraction of sp³-hybridized carbons (Fsp3) is 0.353. The summed E-state index contributed by atoms with van der Waals surface area (Å²) in [5, 5.41) is 14.8. The number of nitrogens with zero attached hydrogens (tertiary/aromatic N) is 3. The van der Waals surface area contributed by atoms with Crippen LogP contribution in [-0.4, -0.2) is 38.3 Å². The van der Waals surface area contributed by atoms with Gasteiger partial charge in [-0.2, -0.15) is 0 Å². The predicted molar refractivity (Wildman–Crippen MR) is 89.6 cm³/mol. The number of urea groups is 1. The smallest absolute Gasteiger partial charge is 0.315 e. The Morgan fingerprint density at radius 2 is 2.25 bits per heavy atom. The fourth-order valence-corrected chi connectivity index (χ4v) is 2.70. The Morgan fingerprint density at radius 1 is 1.38 bits per heavy atom. The Morgan fingerprint density at radius 3 is 2.88 bits per heavy atom. The van der Waals surface area contributed by atoms with Gasteiger partial charge >= 0.3 is 6.03 Å². The maximum atomic E-state index is 11.9. The Kier molecular flexibility index (Phi) is 4.90. The highest BCUT2D eigenvalue weighted by molar-refractivity contribution is 5.74. The summed E-state index contributed by atoms with van der Waals surface area (Å²) in [5.74, 6) is 1.81. The minimum Gasteiger partial charge on any atom is -0.396 e. The third kappa shape index (κ3) is 3.80. The van der Waals surface area contributed by atoms with E-state index in [0.29, 0.717) is 6.54 Å². The van der Waals surface area contributed by atoms with Crippen molar-refractivity contribution in [1.82, 2.24) is 25.2 Å². The van der Waals surface area contributed by atoms with Crippen molar-refractivity contribution in [3.05, 3.63) is 54.3 Å². The molecule has 126 valence electrons. The van der Waals surface area contributed by atoms with E-state index in [1.54, 1.807) is 12.4 Å². The maximum absolute atomic E-state index is 11.9. The molecule has 0 unspecified atom stereocenters. The molecule has 0 spiro atoms. The molecule has 2 aromatic heterocycles. The first-order chi connectivity index (χ1) is 11.7. The monoisotopic (exact) mass is 327 g/mol. The number of pyridine rings is 1. The zero-order chi connectivity index (χ0) is 16.9. The Balaban J connectivity index is 1.49. The highest BCUT2D eigenvalue weighted by Crippen LogP contribution is 2.16. The number of nitrogens with one attached hydrogen (secondary N) is 2. The molecule has 2 heterocycles. The molecular weight excluding hydrogens is 306 g/mol. The van der Waals surface area contributed by atoms with Crippen LogP contribution in [0.5, 0.6) is 0 Å². The number of imidazole rings is 1. The van der Waals surface area contributed by atoms with Gasteiger partial charge in [0, 0.05) is 43.7 Å². The van der Waals surface area contributed by atoms with Crippen LogP contribution in [0.25, 0.3) is 5.82 Å². The molecule has 0 fully saturated rings. The maximum Gasteiger partial charge on any atom is 0.315 e. The quantitative estimate of drug-likeness (QED) is 0.722. The van der Waals surface area contributed by atoms with Crippen molar-refractivity contribution in [2.45, 2.75) is 25.9 Å². The third-order valence-electron chi connectivity index (χ3n) is 4.06. The average molecular weight is 327 g/mol. The number of rotatable bonds is 5. The van der Waals surface area contributed by atoms with Gasteiger partial charge in [0.15, 0.2) is 0 Å². The first-order valence-electron chi connectivity index (χ1n) is 7.94. The van der Waals surface area contributed by atoms with Crippen molar-refractivity contribution < 1.29 is 9.90 Å². The number of hydrogen-bond donors (Lipinski definition) is 3.